The van der Waals surface area contributed by atoms with Crippen molar-refractivity contribution < 1.29 is 9.53 Å². The Morgan fingerprint density at radius 2 is 1.94 bits per heavy atom. The van der Waals surface area contributed by atoms with Crippen LogP contribution in [0.1, 0.15) is 44.1 Å². The van der Waals surface area contributed by atoms with Crippen molar-refractivity contribution >= 4 is 17.2 Å². The van der Waals surface area contributed by atoms with Crippen LogP contribution in [0.25, 0.3) is 10.6 Å². The number of carbonyl (C=O) groups is 1. The number of nitrogens with zero attached hydrogens (tertiary/aromatic N) is 5. The summed E-state index contributed by atoms with van der Waals surface area (Å²) in [7, 11) is 5.09. The molecule has 0 spiro atoms. The summed E-state index contributed by atoms with van der Waals surface area (Å²) in [6.45, 7) is 5.46. The predicted octanol–water partition coefficient (Wildman–Crippen LogP) is 3.09. The Morgan fingerprint density at radius 3 is 2.62 bits per heavy atom. The van der Waals surface area contributed by atoms with Crippen LogP contribution in [0.2, 0.25) is 0 Å². The quantitative estimate of drug-likeness (QED) is 0.457. The number of carbonyl (C=O) groups excluding carboxylic acids is 1. The van der Waals surface area contributed by atoms with Gasteiger partial charge >= 0.3 is 0 Å². The van der Waals surface area contributed by atoms with Crippen molar-refractivity contribution in [2.45, 2.75) is 26.8 Å². The molecule has 1 aromatic carbocycles. The molecule has 4 aromatic rings. The fourth-order valence-corrected chi connectivity index (χ4v) is 4.85. The maximum atomic E-state index is 13.5. The van der Waals surface area contributed by atoms with Gasteiger partial charge in [0.15, 0.2) is 0 Å². The van der Waals surface area contributed by atoms with Crippen LogP contribution in [-0.2, 0) is 14.1 Å². The molecule has 3 aromatic heterocycles. The number of benzene rings is 1. The van der Waals surface area contributed by atoms with E-state index in [1.165, 1.54) is 16.0 Å². The number of aryl methyl sites for hydroxylation is 4. The Balaban J connectivity index is 1.74. The largest absolute Gasteiger partial charge is 0.497 e. The molecule has 4 rings (SSSR count). The van der Waals surface area contributed by atoms with Crippen molar-refractivity contribution in [2.75, 3.05) is 7.11 Å². The first-order chi connectivity index (χ1) is 16.2. The monoisotopic (exact) mass is 478 g/mol. The molecular formula is C24H26N6O3S. The molecule has 1 atom stereocenters. The number of thiazole rings is 1. The standard InChI is InChI=1S/C24H26N6O3S/c1-13-14(2)28-30(5)24(32)18(13)23-26-15(3)20(34-23)22(31)27-19(21-25-10-11-29(21)4)16-8-7-9-17(12-16)33-6/h7-12,19H,1-6H3,(H,27,31). The number of rotatable bonds is 6. The molecule has 0 saturated carbocycles. The third kappa shape index (κ3) is 4.24. The molecule has 1 unspecified atom stereocenters. The van der Waals surface area contributed by atoms with Crippen LogP contribution in [0, 0.1) is 20.8 Å². The van der Waals surface area contributed by atoms with Crippen LogP contribution in [0.5, 0.6) is 5.75 Å². The van der Waals surface area contributed by atoms with Crippen molar-refractivity contribution in [1.29, 1.82) is 0 Å². The van der Waals surface area contributed by atoms with Crippen molar-refractivity contribution in [3.05, 3.63) is 80.2 Å². The summed E-state index contributed by atoms with van der Waals surface area (Å²) in [4.78, 5) is 35.7. The average Bonchev–Trinajstić information content (AvgIpc) is 3.41. The van der Waals surface area contributed by atoms with Gasteiger partial charge in [0.1, 0.15) is 27.5 Å². The molecule has 3 heterocycles. The summed E-state index contributed by atoms with van der Waals surface area (Å²) < 4.78 is 8.53. The highest BCUT2D eigenvalue weighted by molar-refractivity contribution is 7.17. The summed E-state index contributed by atoms with van der Waals surface area (Å²) >= 11 is 1.20. The molecule has 0 saturated heterocycles. The molecule has 0 aliphatic rings. The molecule has 1 N–H and O–H groups in total. The highest BCUT2D eigenvalue weighted by Gasteiger charge is 2.26. The van der Waals surface area contributed by atoms with Crippen LogP contribution >= 0.6 is 11.3 Å². The molecule has 1 amide bonds. The number of amides is 1. The normalized spacial score (nSPS) is 11.9. The van der Waals surface area contributed by atoms with Gasteiger partial charge in [0.2, 0.25) is 0 Å². The summed E-state index contributed by atoms with van der Waals surface area (Å²) in [5, 5.41) is 7.83. The SMILES string of the molecule is COc1cccc(C(NC(=O)c2sc(-c3c(C)c(C)nn(C)c3=O)nc2C)c2nccn2C)c1. The molecule has 9 nitrogen and oxygen atoms in total. The molecule has 10 heteroatoms. The van der Waals surface area contributed by atoms with E-state index < -0.39 is 6.04 Å². The molecular weight excluding hydrogens is 452 g/mol. The lowest BCUT2D eigenvalue weighted by atomic mass is 10.1. The third-order valence-corrected chi connectivity index (χ3v) is 6.94. The lowest BCUT2D eigenvalue weighted by Crippen LogP contribution is -2.31. The fourth-order valence-electron chi connectivity index (χ4n) is 3.78. The lowest BCUT2D eigenvalue weighted by Gasteiger charge is -2.19. The minimum atomic E-state index is -0.509. The van der Waals surface area contributed by atoms with Gasteiger partial charge in [-0.2, -0.15) is 5.10 Å². The number of ether oxygens (including phenoxy) is 1. The summed E-state index contributed by atoms with van der Waals surface area (Å²) in [6.07, 6.45) is 3.52. The van der Waals surface area contributed by atoms with Crippen molar-refractivity contribution in [3.8, 4) is 16.3 Å². The van der Waals surface area contributed by atoms with Crippen LogP contribution in [-0.4, -0.2) is 37.3 Å². The van der Waals surface area contributed by atoms with Crippen LogP contribution in [0.15, 0.2) is 41.5 Å². The second-order valence-electron chi connectivity index (χ2n) is 8.03. The van der Waals surface area contributed by atoms with E-state index in [1.807, 2.05) is 55.9 Å². The van der Waals surface area contributed by atoms with Gasteiger partial charge in [0.05, 0.1) is 24.1 Å². The van der Waals surface area contributed by atoms with E-state index in [0.717, 1.165) is 16.8 Å². The van der Waals surface area contributed by atoms with Crippen molar-refractivity contribution in [3.63, 3.8) is 0 Å². The fraction of sp³-hybridized carbons (Fsp3) is 0.292. The highest BCUT2D eigenvalue weighted by Crippen LogP contribution is 2.30. The van der Waals surface area contributed by atoms with Crippen LogP contribution < -0.4 is 15.6 Å². The van der Waals surface area contributed by atoms with Gasteiger partial charge < -0.3 is 14.6 Å². The maximum Gasteiger partial charge on any atom is 0.277 e. The molecule has 0 radical (unpaired) electrons. The van der Waals surface area contributed by atoms with Gasteiger partial charge in [0, 0.05) is 26.5 Å². The van der Waals surface area contributed by atoms with Crippen molar-refractivity contribution in [2.24, 2.45) is 14.1 Å². The number of hydrogen-bond donors (Lipinski definition) is 1. The number of aromatic nitrogens is 5. The van der Waals surface area contributed by atoms with Gasteiger partial charge in [-0.05, 0) is 44.0 Å². The van der Waals surface area contributed by atoms with Crippen LogP contribution in [0.4, 0.5) is 0 Å². The minimum absolute atomic E-state index is 0.244. The second kappa shape index (κ2) is 9.22. The first-order valence-electron chi connectivity index (χ1n) is 10.7. The zero-order valence-corrected chi connectivity index (χ0v) is 20.7. The van der Waals surface area contributed by atoms with Gasteiger partial charge in [-0.15, -0.1) is 11.3 Å². The predicted molar refractivity (Wildman–Crippen MR) is 130 cm³/mol. The average molecular weight is 479 g/mol. The zero-order chi connectivity index (χ0) is 24.6. The summed E-state index contributed by atoms with van der Waals surface area (Å²) in [5.74, 6) is 1.07. The number of methoxy groups -OCH3 is 1. The van der Waals surface area contributed by atoms with E-state index in [0.29, 0.717) is 32.7 Å². The first-order valence-corrected chi connectivity index (χ1v) is 11.5. The summed E-state index contributed by atoms with van der Waals surface area (Å²) in [6, 6.07) is 7.00. The molecule has 34 heavy (non-hydrogen) atoms. The second-order valence-corrected chi connectivity index (χ2v) is 9.03. The Labute approximate surface area is 201 Å². The number of imidazole rings is 1. The van der Waals surface area contributed by atoms with E-state index >= 15 is 0 Å². The van der Waals surface area contributed by atoms with E-state index in [9.17, 15) is 9.59 Å². The van der Waals surface area contributed by atoms with Gasteiger partial charge in [-0.25, -0.2) is 14.6 Å². The first kappa shape index (κ1) is 23.4. The zero-order valence-electron chi connectivity index (χ0n) is 19.9. The van der Waals surface area contributed by atoms with E-state index in [1.54, 1.807) is 27.3 Å². The third-order valence-electron chi connectivity index (χ3n) is 5.76. The minimum Gasteiger partial charge on any atom is -0.497 e. The van der Waals surface area contributed by atoms with Gasteiger partial charge in [-0.3, -0.25) is 9.59 Å². The Kier molecular flexibility index (Phi) is 6.34. The van der Waals surface area contributed by atoms with Crippen LogP contribution in [0.3, 0.4) is 0 Å². The maximum absolute atomic E-state index is 13.5. The molecule has 0 aliphatic heterocycles. The molecule has 176 valence electrons. The van der Waals surface area contributed by atoms with Crippen molar-refractivity contribution in [1.82, 2.24) is 29.6 Å². The molecule has 0 bridgehead atoms. The smallest absolute Gasteiger partial charge is 0.277 e. The van der Waals surface area contributed by atoms with Gasteiger partial charge in [-0.1, -0.05) is 12.1 Å². The molecule has 0 aliphatic carbocycles. The van der Waals surface area contributed by atoms with Gasteiger partial charge in [0.25, 0.3) is 11.5 Å². The Hall–Kier alpha value is -3.79. The molecule has 0 fully saturated rings. The Bertz CT molecular complexity index is 1430. The van der Waals surface area contributed by atoms with E-state index in [4.69, 9.17) is 4.74 Å². The number of hydrogen-bond acceptors (Lipinski definition) is 7. The highest BCUT2D eigenvalue weighted by atomic mass is 32.1. The van der Waals surface area contributed by atoms with E-state index in [-0.39, 0.29) is 11.5 Å². The lowest BCUT2D eigenvalue weighted by molar-refractivity contribution is 0.0944. The Morgan fingerprint density at radius 1 is 1.18 bits per heavy atom. The topological polar surface area (TPSA) is 104 Å². The number of nitrogens with one attached hydrogen (secondary N) is 1. The summed E-state index contributed by atoms with van der Waals surface area (Å²) in [5.41, 5.74) is 3.10. The van der Waals surface area contributed by atoms with E-state index in [2.05, 4.69) is 20.4 Å².